The molecule has 4 heteroatoms. The second-order valence-corrected chi connectivity index (χ2v) is 4.30. The van der Waals surface area contributed by atoms with Crippen LogP contribution < -0.4 is 11.5 Å². The molecule has 0 saturated carbocycles. The van der Waals surface area contributed by atoms with Gasteiger partial charge >= 0.3 is 0 Å². The molecule has 1 heterocycles. The van der Waals surface area contributed by atoms with Crippen LogP contribution in [0, 0.1) is 0 Å². The molecule has 0 amide bonds. The van der Waals surface area contributed by atoms with E-state index in [-0.39, 0.29) is 17.6 Å². The molecule has 0 spiro atoms. The number of alkyl halides is 1. The molecule has 1 aliphatic heterocycles. The number of nitrogens with zero attached hydrogens (tertiary/aromatic N) is 1. The summed E-state index contributed by atoms with van der Waals surface area (Å²) in [5.41, 5.74) is 13.6. The lowest BCUT2D eigenvalue weighted by atomic mass is 9.96. The van der Waals surface area contributed by atoms with Gasteiger partial charge in [0.15, 0.2) is 0 Å². The van der Waals surface area contributed by atoms with Crippen LogP contribution in [0.4, 0.5) is 0 Å². The summed E-state index contributed by atoms with van der Waals surface area (Å²) in [4.78, 5) is 4.13. The van der Waals surface area contributed by atoms with Crippen molar-refractivity contribution in [2.45, 2.75) is 24.0 Å². The molecule has 80 valence electrons. The molecule has 0 fully saturated rings. The van der Waals surface area contributed by atoms with Crippen molar-refractivity contribution in [2.75, 3.05) is 0 Å². The van der Waals surface area contributed by atoms with Crippen molar-refractivity contribution in [1.82, 2.24) is 0 Å². The molecule has 0 aromatic carbocycles. The average Bonchev–Trinajstić information content (AvgIpc) is 2.22. The summed E-state index contributed by atoms with van der Waals surface area (Å²) in [5.74, 6) is 0. The van der Waals surface area contributed by atoms with Crippen molar-refractivity contribution in [3.05, 3.63) is 35.5 Å². The minimum absolute atomic E-state index is 0.0612. The van der Waals surface area contributed by atoms with Crippen LogP contribution in [0.5, 0.6) is 0 Å². The molecule has 0 bridgehead atoms. The van der Waals surface area contributed by atoms with E-state index in [1.807, 2.05) is 18.2 Å². The van der Waals surface area contributed by atoms with Crippen LogP contribution in [0.3, 0.4) is 0 Å². The number of rotatable bonds is 1. The van der Waals surface area contributed by atoms with Crippen LogP contribution in [0.1, 0.15) is 6.42 Å². The van der Waals surface area contributed by atoms with Gasteiger partial charge in [-0.3, -0.25) is 4.99 Å². The van der Waals surface area contributed by atoms with E-state index in [4.69, 9.17) is 23.1 Å². The maximum Gasteiger partial charge on any atom is 0.116 e. The van der Waals surface area contributed by atoms with Gasteiger partial charge in [0.2, 0.25) is 0 Å². The van der Waals surface area contributed by atoms with Crippen molar-refractivity contribution in [3.63, 3.8) is 0 Å². The Labute approximate surface area is 94.2 Å². The number of halogens is 1. The molecule has 0 saturated heterocycles. The molecule has 3 atom stereocenters. The van der Waals surface area contributed by atoms with Crippen LogP contribution in [0.15, 0.2) is 40.4 Å². The standard InChI is InChI=1S/C11H14ClN3/c12-9-3-1-2-7(4-9)8-5-10(13)11(14)15-6-8/h1-2,4-6,9-11H,3,13-14H2. The average molecular weight is 224 g/mol. The van der Waals surface area contributed by atoms with Gasteiger partial charge in [0.05, 0.1) is 11.4 Å². The Bertz CT molecular complexity index is 368. The second-order valence-electron chi connectivity index (χ2n) is 3.74. The molecule has 2 rings (SSSR count). The first-order valence-corrected chi connectivity index (χ1v) is 5.39. The van der Waals surface area contributed by atoms with Crippen molar-refractivity contribution >= 4 is 17.8 Å². The van der Waals surface area contributed by atoms with Gasteiger partial charge in [0.1, 0.15) is 6.17 Å². The molecule has 0 aromatic rings. The first-order chi connectivity index (χ1) is 7.16. The Morgan fingerprint density at radius 3 is 2.73 bits per heavy atom. The highest BCUT2D eigenvalue weighted by Gasteiger charge is 2.16. The van der Waals surface area contributed by atoms with Crippen LogP contribution in [-0.4, -0.2) is 23.8 Å². The quantitative estimate of drug-likeness (QED) is 0.654. The van der Waals surface area contributed by atoms with E-state index in [1.165, 1.54) is 0 Å². The van der Waals surface area contributed by atoms with Crippen LogP contribution in [0.2, 0.25) is 0 Å². The fourth-order valence-corrected chi connectivity index (χ4v) is 1.86. The Morgan fingerprint density at radius 1 is 1.27 bits per heavy atom. The Hall–Kier alpha value is -0.900. The van der Waals surface area contributed by atoms with Crippen LogP contribution >= 0.6 is 11.6 Å². The minimum atomic E-state index is -0.325. The fraction of sp³-hybridized carbons (Fsp3) is 0.364. The predicted octanol–water partition coefficient (Wildman–Crippen LogP) is 1.10. The van der Waals surface area contributed by atoms with E-state index < -0.39 is 0 Å². The predicted molar refractivity (Wildman–Crippen MR) is 64.0 cm³/mol. The molecule has 0 radical (unpaired) electrons. The summed E-state index contributed by atoms with van der Waals surface area (Å²) in [6.07, 6.45) is 10.4. The highest BCUT2D eigenvalue weighted by atomic mass is 35.5. The lowest BCUT2D eigenvalue weighted by Gasteiger charge is -2.20. The number of aliphatic imine (C=N–C) groups is 1. The van der Waals surface area contributed by atoms with E-state index >= 15 is 0 Å². The van der Waals surface area contributed by atoms with Gasteiger partial charge in [-0.1, -0.05) is 24.3 Å². The zero-order chi connectivity index (χ0) is 10.8. The van der Waals surface area contributed by atoms with Gasteiger partial charge in [-0.25, -0.2) is 0 Å². The van der Waals surface area contributed by atoms with Crippen molar-refractivity contribution in [2.24, 2.45) is 16.5 Å². The van der Waals surface area contributed by atoms with Gasteiger partial charge < -0.3 is 11.5 Å². The smallest absolute Gasteiger partial charge is 0.116 e. The van der Waals surface area contributed by atoms with Crippen LogP contribution in [-0.2, 0) is 0 Å². The molecule has 0 aromatic heterocycles. The summed E-state index contributed by atoms with van der Waals surface area (Å²) in [5, 5.41) is 0.0612. The third-order valence-electron chi connectivity index (χ3n) is 2.50. The Morgan fingerprint density at radius 2 is 2.07 bits per heavy atom. The van der Waals surface area contributed by atoms with Gasteiger partial charge in [0.25, 0.3) is 0 Å². The second kappa shape index (κ2) is 4.31. The largest absolute Gasteiger partial charge is 0.322 e. The van der Waals surface area contributed by atoms with Crippen molar-refractivity contribution < 1.29 is 0 Å². The van der Waals surface area contributed by atoms with E-state index in [0.29, 0.717) is 0 Å². The van der Waals surface area contributed by atoms with E-state index in [9.17, 15) is 0 Å². The fourth-order valence-electron chi connectivity index (χ4n) is 1.62. The monoisotopic (exact) mass is 223 g/mol. The summed E-state index contributed by atoms with van der Waals surface area (Å²) in [6, 6.07) is -0.213. The summed E-state index contributed by atoms with van der Waals surface area (Å²) in [7, 11) is 0. The topological polar surface area (TPSA) is 64.4 Å². The van der Waals surface area contributed by atoms with Gasteiger partial charge in [0, 0.05) is 6.21 Å². The van der Waals surface area contributed by atoms with Gasteiger partial charge in [-0.2, -0.15) is 0 Å². The molecule has 3 nitrogen and oxygen atoms in total. The summed E-state index contributed by atoms with van der Waals surface area (Å²) >= 11 is 6.04. The van der Waals surface area contributed by atoms with Gasteiger partial charge in [-0.05, 0) is 17.6 Å². The van der Waals surface area contributed by atoms with Gasteiger partial charge in [-0.15, -0.1) is 11.6 Å². The lowest BCUT2D eigenvalue weighted by Crippen LogP contribution is -2.40. The third-order valence-corrected chi connectivity index (χ3v) is 2.81. The normalized spacial score (nSPS) is 35.0. The molecule has 15 heavy (non-hydrogen) atoms. The number of hydrogen-bond donors (Lipinski definition) is 2. The molecule has 3 unspecified atom stereocenters. The maximum atomic E-state index is 6.04. The maximum absolute atomic E-state index is 6.04. The van der Waals surface area contributed by atoms with Crippen LogP contribution in [0.25, 0.3) is 0 Å². The highest BCUT2D eigenvalue weighted by molar-refractivity contribution is 6.22. The third kappa shape index (κ3) is 2.37. The summed E-state index contributed by atoms with van der Waals surface area (Å²) in [6.45, 7) is 0. The SMILES string of the molecule is NC1C=C(C2=CC(Cl)CC=C2)C=NC1N. The van der Waals surface area contributed by atoms with Crippen molar-refractivity contribution in [3.8, 4) is 0 Å². The molecular weight excluding hydrogens is 210 g/mol. The van der Waals surface area contributed by atoms with E-state index in [0.717, 1.165) is 17.6 Å². The first kappa shape index (κ1) is 10.6. The number of dihydropyridines is 1. The molecule has 4 N–H and O–H groups in total. The zero-order valence-electron chi connectivity index (χ0n) is 8.31. The molecular formula is C11H14ClN3. The zero-order valence-corrected chi connectivity index (χ0v) is 9.06. The lowest BCUT2D eigenvalue weighted by molar-refractivity contribution is 0.621. The number of nitrogens with two attached hydrogens (primary N) is 2. The number of hydrogen-bond acceptors (Lipinski definition) is 3. The minimum Gasteiger partial charge on any atom is -0.322 e. The summed E-state index contributed by atoms with van der Waals surface area (Å²) < 4.78 is 0. The van der Waals surface area contributed by atoms with Crippen molar-refractivity contribution in [1.29, 1.82) is 0 Å². The first-order valence-electron chi connectivity index (χ1n) is 4.96. The molecule has 2 aliphatic rings. The Kier molecular flexibility index (Phi) is 3.05. The highest BCUT2D eigenvalue weighted by Crippen LogP contribution is 2.22. The Balaban J connectivity index is 2.22. The molecule has 1 aliphatic carbocycles. The van der Waals surface area contributed by atoms with E-state index in [1.54, 1.807) is 6.21 Å². The number of allylic oxidation sites excluding steroid dienone is 5. The van der Waals surface area contributed by atoms with E-state index in [2.05, 4.69) is 11.1 Å².